The highest BCUT2D eigenvalue weighted by atomic mass is 15.3. The molecule has 1 aromatic rings. The molecule has 98 valence electrons. The molecule has 2 aliphatic rings. The standard InChI is InChI=1S/C14H22N4/c1-12-5-10-18(11-6-12)14-15-7-4-13(16-14)17-8-2-3-9-17/h4,7,12H,2-3,5-6,8-11H2,1H3. The summed E-state index contributed by atoms with van der Waals surface area (Å²) in [6.07, 6.45) is 7.02. The molecule has 0 amide bonds. The van der Waals surface area contributed by atoms with Crippen molar-refractivity contribution in [1.82, 2.24) is 9.97 Å². The molecule has 18 heavy (non-hydrogen) atoms. The molecule has 0 aliphatic carbocycles. The van der Waals surface area contributed by atoms with E-state index in [1.807, 2.05) is 12.3 Å². The molecular formula is C14H22N4. The Bertz CT molecular complexity index is 393. The van der Waals surface area contributed by atoms with Crippen molar-refractivity contribution in [2.75, 3.05) is 36.0 Å². The minimum Gasteiger partial charge on any atom is -0.356 e. The molecule has 1 aromatic heterocycles. The Hall–Kier alpha value is -1.32. The van der Waals surface area contributed by atoms with Crippen molar-refractivity contribution >= 4 is 11.8 Å². The van der Waals surface area contributed by atoms with Crippen LogP contribution in [0, 0.1) is 5.92 Å². The quantitative estimate of drug-likeness (QED) is 0.801. The van der Waals surface area contributed by atoms with Gasteiger partial charge in [0, 0.05) is 32.4 Å². The van der Waals surface area contributed by atoms with Gasteiger partial charge in [-0.15, -0.1) is 0 Å². The van der Waals surface area contributed by atoms with Crippen LogP contribution in [0.15, 0.2) is 12.3 Å². The third kappa shape index (κ3) is 2.42. The van der Waals surface area contributed by atoms with Gasteiger partial charge in [0.1, 0.15) is 5.82 Å². The molecule has 4 heteroatoms. The first-order chi connectivity index (χ1) is 8.83. The molecule has 0 N–H and O–H groups in total. The maximum Gasteiger partial charge on any atom is 0.227 e. The Morgan fingerprint density at radius 2 is 1.78 bits per heavy atom. The molecule has 0 unspecified atom stereocenters. The van der Waals surface area contributed by atoms with E-state index in [-0.39, 0.29) is 0 Å². The van der Waals surface area contributed by atoms with Gasteiger partial charge in [-0.25, -0.2) is 4.98 Å². The average molecular weight is 246 g/mol. The summed E-state index contributed by atoms with van der Waals surface area (Å²) in [6, 6.07) is 2.04. The zero-order valence-corrected chi connectivity index (χ0v) is 11.2. The Labute approximate surface area is 109 Å². The van der Waals surface area contributed by atoms with Crippen molar-refractivity contribution in [1.29, 1.82) is 0 Å². The summed E-state index contributed by atoms with van der Waals surface area (Å²) in [5.41, 5.74) is 0. The minimum atomic E-state index is 0.850. The average Bonchev–Trinajstić information content (AvgIpc) is 2.94. The molecule has 3 rings (SSSR count). The van der Waals surface area contributed by atoms with Gasteiger partial charge in [0.05, 0.1) is 0 Å². The fourth-order valence-electron chi connectivity index (χ4n) is 2.82. The Morgan fingerprint density at radius 3 is 2.50 bits per heavy atom. The first kappa shape index (κ1) is 11.8. The van der Waals surface area contributed by atoms with Gasteiger partial charge in [-0.1, -0.05) is 6.92 Å². The topological polar surface area (TPSA) is 32.3 Å². The van der Waals surface area contributed by atoms with Crippen LogP contribution in [0.25, 0.3) is 0 Å². The first-order valence-corrected chi connectivity index (χ1v) is 7.16. The second kappa shape index (κ2) is 5.12. The summed E-state index contributed by atoms with van der Waals surface area (Å²) < 4.78 is 0. The molecule has 2 aliphatic heterocycles. The van der Waals surface area contributed by atoms with Crippen LogP contribution in [-0.4, -0.2) is 36.1 Å². The summed E-state index contributed by atoms with van der Waals surface area (Å²) in [4.78, 5) is 13.9. The van der Waals surface area contributed by atoms with E-state index in [2.05, 4.69) is 21.7 Å². The smallest absolute Gasteiger partial charge is 0.227 e. The van der Waals surface area contributed by atoms with E-state index in [0.29, 0.717) is 0 Å². The monoisotopic (exact) mass is 246 g/mol. The molecule has 0 aromatic carbocycles. The minimum absolute atomic E-state index is 0.850. The largest absolute Gasteiger partial charge is 0.356 e. The summed E-state index contributed by atoms with van der Waals surface area (Å²) in [5, 5.41) is 0. The van der Waals surface area contributed by atoms with Gasteiger partial charge in [-0.05, 0) is 37.7 Å². The molecule has 4 nitrogen and oxygen atoms in total. The highest BCUT2D eigenvalue weighted by molar-refractivity contribution is 5.44. The second-order valence-corrected chi connectivity index (χ2v) is 5.58. The third-order valence-electron chi connectivity index (χ3n) is 4.12. The Morgan fingerprint density at radius 1 is 1.06 bits per heavy atom. The Kier molecular flexibility index (Phi) is 3.35. The predicted octanol–water partition coefficient (Wildman–Crippen LogP) is 2.31. The molecule has 0 spiro atoms. The molecule has 0 atom stereocenters. The van der Waals surface area contributed by atoms with E-state index in [9.17, 15) is 0 Å². The highest BCUT2D eigenvalue weighted by Crippen LogP contribution is 2.23. The van der Waals surface area contributed by atoms with Gasteiger partial charge in [-0.3, -0.25) is 0 Å². The SMILES string of the molecule is CC1CCN(c2nccc(N3CCCC3)n2)CC1. The van der Waals surface area contributed by atoms with Gasteiger partial charge in [-0.2, -0.15) is 4.98 Å². The van der Waals surface area contributed by atoms with Crippen LogP contribution in [-0.2, 0) is 0 Å². The zero-order chi connectivity index (χ0) is 12.4. The van der Waals surface area contributed by atoms with Crippen molar-refractivity contribution in [2.45, 2.75) is 32.6 Å². The van der Waals surface area contributed by atoms with Crippen molar-refractivity contribution in [3.05, 3.63) is 12.3 Å². The molecule has 0 radical (unpaired) electrons. The van der Waals surface area contributed by atoms with Gasteiger partial charge in [0.25, 0.3) is 0 Å². The fourth-order valence-corrected chi connectivity index (χ4v) is 2.82. The number of anilines is 2. The van der Waals surface area contributed by atoms with Gasteiger partial charge in [0.2, 0.25) is 5.95 Å². The lowest BCUT2D eigenvalue weighted by molar-refractivity contribution is 0.434. The third-order valence-corrected chi connectivity index (χ3v) is 4.12. The van der Waals surface area contributed by atoms with Crippen molar-refractivity contribution in [3.8, 4) is 0 Å². The zero-order valence-electron chi connectivity index (χ0n) is 11.2. The summed E-state index contributed by atoms with van der Waals surface area (Å²) in [5.74, 6) is 2.88. The van der Waals surface area contributed by atoms with Gasteiger partial charge >= 0.3 is 0 Å². The first-order valence-electron chi connectivity index (χ1n) is 7.16. The molecule has 2 saturated heterocycles. The van der Waals surface area contributed by atoms with Crippen molar-refractivity contribution in [3.63, 3.8) is 0 Å². The lowest BCUT2D eigenvalue weighted by Gasteiger charge is -2.30. The number of hydrogen-bond acceptors (Lipinski definition) is 4. The van der Waals surface area contributed by atoms with Crippen LogP contribution in [0.1, 0.15) is 32.6 Å². The number of aromatic nitrogens is 2. The van der Waals surface area contributed by atoms with E-state index in [4.69, 9.17) is 4.98 Å². The maximum absolute atomic E-state index is 4.74. The molecule has 3 heterocycles. The summed E-state index contributed by atoms with van der Waals surface area (Å²) >= 11 is 0. The number of nitrogens with zero attached hydrogens (tertiary/aromatic N) is 4. The lowest BCUT2D eigenvalue weighted by atomic mass is 10.00. The number of piperidine rings is 1. The van der Waals surface area contributed by atoms with Crippen LogP contribution < -0.4 is 9.80 Å². The van der Waals surface area contributed by atoms with Gasteiger partial charge in [0.15, 0.2) is 0 Å². The maximum atomic E-state index is 4.74. The van der Waals surface area contributed by atoms with Crippen molar-refractivity contribution in [2.24, 2.45) is 5.92 Å². The molecular weight excluding hydrogens is 224 g/mol. The van der Waals surface area contributed by atoms with E-state index in [1.54, 1.807) is 0 Å². The van der Waals surface area contributed by atoms with E-state index >= 15 is 0 Å². The van der Waals surface area contributed by atoms with E-state index in [1.165, 1.54) is 25.7 Å². The van der Waals surface area contributed by atoms with Crippen LogP contribution in [0.5, 0.6) is 0 Å². The number of hydrogen-bond donors (Lipinski definition) is 0. The normalized spacial score (nSPS) is 21.6. The van der Waals surface area contributed by atoms with E-state index in [0.717, 1.165) is 43.9 Å². The highest BCUT2D eigenvalue weighted by Gasteiger charge is 2.19. The van der Waals surface area contributed by atoms with Crippen LogP contribution in [0.4, 0.5) is 11.8 Å². The summed E-state index contributed by atoms with van der Waals surface area (Å²) in [7, 11) is 0. The molecule has 2 fully saturated rings. The fraction of sp³-hybridized carbons (Fsp3) is 0.714. The molecule has 0 bridgehead atoms. The second-order valence-electron chi connectivity index (χ2n) is 5.58. The van der Waals surface area contributed by atoms with Crippen molar-refractivity contribution < 1.29 is 0 Å². The number of rotatable bonds is 2. The van der Waals surface area contributed by atoms with Crippen LogP contribution >= 0.6 is 0 Å². The van der Waals surface area contributed by atoms with Crippen LogP contribution in [0.2, 0.25) is 0 Å². The lowest BCUT2D eigenvalue weighted by Crippen LogP contribution is -2.34. The van der Waals surface area contributed by atoms with Gasteiger partial charge < -0.3 is 9.80 Å². The molecule has 0 saturated carbocycles. The summed E-state index contributed by atoms with van der Waals surface area (Å²) in [6.45, 7) is 6.83. The van der Waals surface area contributed by atoms with E-state index < -0.39 is 0 Å². The van der Waals surface area contributed by atoms with Crippen LogP contribution in [0.3, 0.4) is 0 Å². The Balaban J connectivity index is 1.74. The predicted molar refractivity (Wildman–Crippen MR) is 74.1 cm³/mol.